The Balaban J connectivity index is 1.86. The number of hydrogen-bond donors (Lipinski definition) is 2. The molecule has 2 aromatic carbocycles. The lowest BCUT2D eigenvalue weighted by atomic mass is 10.2. The Kier molecular flexibility index (Phi) is 4.01. The molecule has 3 aromatic rings. The average Bonchev–Trinajstić information content (AvgIpc) is 3.01. The maximum Gasteiger partial charge on any atom is 0.263 e. The fraction of sp³-hybridized carbons (Fsp3) is 0.0714. The highest BCUT2D eigenvalue weighted by Gasteiger charge is 2.18. The van der Waals surface area contributed by atoms with Gasteiger partial charge in [0.25, 0.3) is 10.0 Å². The van der Waals surface area contributed by atoms with Crippen molar-refractivity contribution in [2.24, 2.45) is 0 Å². The molecule has 0 spiro atoms. The number of nitrogens with one attached hydrogen (secondary N) is 2. The van der Waals surface area contributed by atoms with Crippen molar-refractivity contribution in [1.29, 1.82) is 0 Å². The minimum atomic E-state index is -3.76. The molecule has 0 unspecified atom stereocenters. The molecule has 1 heterocycles. The second-order valence-corrected chi connectivity index (χ2v) is 6.91. The summed E-state index contributed by atoms with van der Waals surface area (Å²) in [7, 11) is -3.76. The zero-order chi connectivity index (χ0) is 16.4. The van der Waals surface area contributed by atoms with E-state index in [0.717, 1.165) is 11.1 Å². The number of aromatic amines is 1. The summed E-state index contributed by atoms with van der Waals surface area (Å²) in [6.45, 7) is 1.84. The summed E-state index contributed by atoms with van der Waals surface area (Å²) in [5, 5.41) is 13.7. The topological polar surface area (TPSA) is 101 Å². The van der Waals surface area contributed by atoms with E-state index < -0.39 is 10.0 Å². The number of aromatic nitrogens is 4. The van der Waals surface area contributed by atoms with Gasteiger partial charge >= 0.3 is 0 Å². The van der Waals surface area contributed by atoms with Crippen molar-refractivity contribution in [3.63, 3.8) is 0 Å². The van der Waals surface area contributed by atoms with Gasteiger partial charge in [-0.05, 0) is 54.1 Å². The molecule has 1 aromatic heterocycles. The largest absolute Gasteiger partial charge is 0.280 e. The lowest BCUT2D eigenvalue weighted by Crippen LogP contribution is -2.13. The van der Waals surface area contributed by atoms with Crippen molar-refractivity contribution in [3.05, 3.63) is 53.1 Å². The standard InChI is InChI=1S/C14H12ClN5O2S/c1-9-2-7-13(12(15)8-9)23(21,22)18-11-5-3-10(4-6-11)14-16-19-20-17-14/h2-8,18H,1H3,(H,16,17,19,20). The van der Waals surface area contributed by atoms with Gasteiger partial charge < -0.3 is 0 Å². The van der Waals surface area contributed by atoms with E-state index in [1.54, 1.807) is 36.4 Å². The van der Waals surface area contributed by atoms with Crippen LogP contribution in [0.5, 0.6) is 0 Å². The molecule has 0 saturated heterocycles. The number of H-pyrrole nitrogens is 1. The number of benzene rings is 2. The van der Waals surface area contributed by atoms with Crippen LogP contribution in [0.1, 0.15) is 5.56 Å². The summed E-state index contributed by atoms with van der Waals surface area (Å²) >= 11 is 6.03. The predicted octanol–water partition coefficient (Wildman–Crippen LogP) is 2.63. The molecular formula is C14H12ClN5O2S. The van der Waals surface area contributed by atoms with E-state index in [4.69, 9.17) is 11.6 Å². The molecule has 118 valence electrons. The molecule has 0 radical (unpaired) electrons. The Morgan fingerprint density at radius 2 is 1.87 bits per heavy atom. The van der Waals surface area contributed by atoms with Crippen LogP contribution in [-0.2, 0) is 10.0 Å². The van der Waals surface area contributed by atoms with Crippen LogP contribution in [-0.4, -0.2) is 29.0 Å². The molecule has 3 rings (SSSR count). The first kappa shape index (κ1) is 15.4. The summed E-state index contributed by atoms with van der Waals surface area (Å²) in [5.74, 6) is 0.431. The van der Waals surface area contributed by atoms with Gasteiger partial charge in [-0.1, -0.05) is 17.7 Å². The second kappa shape index (κ2) is 5.98. The molecule has 0 aliphatic rings. The van der Waals surface area contributed by atoms with Gasteiger partial charge in [0.05, 0.1) is 5.02 Å². The van der Waals surface area contributed by atoms with Crippen LogP contribution in [0, 0.1) is 6.92 Å². The predicted molar refractivity (Wildman–Crippen MR) is 86.6 cm³/mol. The van der Waals surface area contributed by atoms with E-state index in [1.165, 1.54) is 6.07 Å². The quantitative estimate of drug-likeness (QED) is 0.754. The Hall–Kier alpha value is -2.45. The van der Waals surface area contributed by atoms with Gasteiger partial charge in [0, 0.05) is 11.3 Å². The normalized spacial score (nSPS) is 11.4. The molecule has 0 fully saturated rings. The Labute approximate surface area is 137 Å². The van der Waals surface area contributed by atoms with Crippen LogP contribution in [0.3, 0.4) is 0 Å². The van der Waals surface area contributed by atoms with Gasteiger partial charge in [-0.25, -0.2) is 8.42 Å². The van der Waals surface area contributed by atoms with Crippen molar-refractivity contribution >= 4 is 27.3 Å². The molecule has 0 aliphatic carbocycles. The maximum absolute atomic E-state index is 12.4. The van der Waals surface area contributed by atoms with Gasteiger partial charge in [0.1, 0.15) is 4.90 Å². The van der Waals surface area contributed by atoms with Gasteiger partial charge in [0.15, 0.2) is 0 Å². The summed E-state index contributed by atoms with van der Waals surface area (Å²) in [6, 6.07) is 11.4. The van der Waals surface area contributed by atoms with Gasteiger partial charge in [-0.2, -0.15) is 5.21 Å². The molecule has 2 N–H and O–H groups in total. The minimum absolute atomic E-state index is 0.0343. The van der Waals surface area contributed by atoms with Crippen LogP contribution in [0.4, 0.5) is 5.69 Å². The van der Waals surface area contributed by atoms with Gasteiger partial charge in [0.2, 0.25) is 5.82 Å². The lowest BCUT2D eigenvalue weighted by molar-refractivity contribution is 0.601. The first-order valence-corrected chi connectivity index (χ1v) is 8.45. The van der Waals surface area contributed by atoms with Crippen LogP contribution >= 0.6 is 11.6 Å². The molecule has 0 atom stereocenters. The zero-order valence-corrected chi connectivity index (χ0v) is 13.6. The highest BCUT2D eigenvalue weighted by molar-refractivity contribution is 7.92. The fourth-order valence-corrected chi connectivity index (χ4v) is 3.66. The number of nitrogens with zero attached hydrogens (tertiary/aromatic N) is 3. The van der Waals surface area contributed by atoms with Crippen molar-refractivity contribution in [2.45, 2.75) is 11.8 Å². The summed E-state index contributed by atoms with van der Waals surface area (Å²) < 4.78 is 27.3. The molecule has 9 heteroatoms. The molecule has 23 heavy (non-hydrogen) atoms. The number of hydrogen-bond acceptors (Lipinski definition) is 5. The summed E-state index contributed by atoms with van der Waals surface area (Å²) in [6.07, 6.45) is 0. The van der Waals surface area contributed by atoms with E-state index in [0.29, 0.717) is 11.5 Å². The molecule has 0 saturated carbocycles. The van der Waals surface area contributed by atoms with E-state index in [1.807, 2.05) is 6.92 Å². The zero-order valence-electron chi connectivity index (χ0n) is 12.0. The number of anilines is 1. The van der Waals surface area contributed by atoms with E-state index in [9.17, 15) is 8.42 Å². The molecule has 0 bridgehead atoms. The molecular weight excluding hydrogens is 338 g/mol. The van der Waals surface area contributed by atoms with Crippen LogP contribution in [0.25, 0.3) is 11.4 Å². The second-order valence-electron chi connectivity index (χ2n) is 4.85. The Bertz CT molecular complexity index is 924. The smallest absolute Gasteiger partial charge is 0.263 e. The van der Waals surface area contributed by atoms with Crippen LogP contribution < -0.4 is 4.72 Å². The monoisotopic (exact) mass is 349 g/mol. The van der Waals surface area contributed by atoms with Crippen LogP contribution in [0.2, 0.25) is 5.02 Å². The van der Waals surface area contributed by atoms with E-state index >= 15 is 0 Å². The molecule has 0 amide bonds. The fourth-order valence-electron chi connectivity index (χ4n) is 2.01. The Morgan fingerprint density at radius 3 is 2.48 bits per heavy atom. The third-order valence-electron chi connectivity index (χ3n) is 3.12. The van der Waals surface area contributed by atoms with Gasteiger partial charge in [-0.15, -0.1) is 10.2 Å². The third kappa shape index (κ3) is 3.33. The van der Waals surface area contributed by atoms with Crippen molar-refractivity contribution in [1.82, 2.24) is 20.6 Å². The van der Waals surface area contributed by atoms with Crippen molar-refractivity contribution < 1.29 is 8.42 Å². The minimum Gasteiger partial charge on any atom is -0.280 e. The molecule has 7 nitrogen and oxygen atoms in total. The summed E-state index contributed by atoms with van der Waals surface area (Å²) in [4.78, 5) is 0.0343. The SMILES string of the molecule is Cc1ccc(S(=O)(=O)Nc2ccc(-c3nn[nH]n3)cc2)c(Cl)c1. The van der Waals surface area contributed by atoms with Crippen molar-refractivity contribution in [2.75, 3.05) is 4.72 Å². The van der Waals surface area contributed by atoms with E-state index in [2.05, 4.69) is 25.3 Å². The number of aryl methyl sites for hydroxylation is 1. The summed E-state index contributed by atoms with van der Waals surface area (Å²) in [5.41, 5.74) is 2.02. The van der Waals surface area contributed by atoms with Crippen molar-refractivity contribution in [3.8, 4) is 11.4 Å². The first-order valence-electron chi connectivity index (χ1n) is 6.58. The maximum atomic E-state index is 12.4. The third-order valence-corrected chi connectivity index (χ3v) is 4.98. The van der Waals surface area contributed by atoms with Gasteiger partial charge in [-0.3, -0.25) is 4.72 Å². The number of halogens is 1. The highest BCUT2D eigenvalue weighted by atomic mass is 35.5. The van der Waals surface area contributed by atoms with E-state index in [-0.39, 0.29) is 9.92 Å². The highest BCUT2D eigenvalue weighted by Crippen LogP contribution is 2.25. The average molecular weight is 350 g/mol. The number of rotatable bonds is 4. The molecule has 0 aliphatic heterocycles. The number of sulfonamides is 1. The Morgan fingerprint density at radius 1 is 1.13 bits per heavy atom. The van der Waals surface area contributed by atoms with Crippen LogP contribution in [0.15, 0.2) is 47.4 Å². The number of tetrazole rings is 1. The first-order chi connectivity index (χ1) is 11.0. The lowest BCUT2D eigenvalue weighted by Gasteiger charge is -2.10.